The van der Waals surface area contributed by atoms with Crippen molar-refractivity contribution in [2.24, 2.45) is 0 Å². The van der Waals surface area contributed by atoms with Crippen molar-refractivity contribution in [3.8, 4) is 0 Å². The molecular weight excluding hydrogens is 244 g/mol. The summed E-state index contributed by atoms with van der Waals surface area (Å²) >= 11 is 0. The molecular formula is C10H20N2O4S. The molecule has 0 aromatic heterocycles. The standard InChI is InChI=1S/C10H20N2O4S/c1-12(8-7-10(13)14)17(15,16)11-9-5-3-2-4-6-9/h9,11H,2-8H2,1H3,(H,13,14). The summed E-state index contributed by atoms with van der Waals surface area (Å²) in [5.74, 6) is -0.996. The van der Waals surface area contributed by atoms with Gasteiger partial charge < -0.3 is 5.11 Å². The third kappa shape index (κ3) is 5.01. The van der Waals surface area contributed by atoms with E-state index in [9.17, 15) is 13.2 Å². The molecule has 0 saturated heterocycles. The number of carbonyl (C=O) groups is 1. The number of nitrogens with one attached hydrogen (secondary N) is 1. The van der Waals surface area contributed by atoms with Crippen LogP contribution in [-0.2, 0) is 15.0 Å². The van der Waals surface area contributed by atoms with Crippen LogP contribution in [-0.4, -0.2) is 43.4 Å². The zero-order valence-electron chi connectivity index (χ0n) is 10.1. The van der Waals surface area contributed by atoms with Gasteiger partial charge in [0.1, 0.15) is 0 Å². The van der Waals surface area contributed by atoms with Crippen molar-refractivity contribution in [2.75, 3.05) is 13.6 Å². The Bertz CT molecular complexity index is 349. The number of nitrogens with zero attached hydrogens (tertiary/aromatic N) is 1. The van der Waals surface area contributed by atoms with Crippen LogP contribution in [0.3, 0.4) is 0 Å². The first-order chi connectivity index (χ1) is 7.92. The Labute approximate surface area is 102 Å². The predicted octanol–water partition coefficient (Wildman–Crippen LogP) is 0.560. The Morgan fingerprint density at radius 1 is 1.35 bits per heavy atom. The van der Waals surface area contributed by atoms with Crippen LogP contribution in [0.5, 0.6) is 0 Å². The lowest BCUT2D eigenvalue weighted by atomic mass is 9.96. The average Bonchev–Trinajstić information content (AvgIpc) is 2.26. The van der Waals surface area contributed by atoms with Gasteiger partial charge in [-0.05, 0) is 12.8 Å². The Morgan fingerprint density at radius 3 is 2.47 bits per heavy atom. The average molecular weight is 264 g/mol. The summed E-state index contributed by atoms with van der Waals surface area (Å²) in [6.07, 6.45) is 4.81. The van der Waals surface area contributed by atoms with E-state index >= 15 is 0 Å². The van der Waals surface area contributed by atoms with Crippen LogP contribution >= 0.6 is 0 Å². The molecule has 0 bridgehead atoms. The Kier molecular flexibility index (Phi) is 5.35. The molecule has 0 heterocycles. The summed E-state index contributed by atoms with van der Waals surface area (Å²) in [4.78, 5) is 10.4. The van der Waals surface area contributed by atoms with E-state index in [1.54, 1.807) is 0 Å². The van der Waals surface area contributed by atoms with Gasteiger partial charge in [-0.2, -0.15) is 17.4 Å². The molecule has 6 nitrogen and oxygen atoms in total. The molecule has 0 aliphatic heterocycles. The van der Waals surface area contributed by atoms with Gasteiger partial charge in [0.2, 0.25) is 0 Å². The summed E-state index contributed by atoms with van der Waals surface area (Å²) in [6.45, 7) is -0.00259. The third-order valence-corrected chi connectivity index (χ3v) is 4.61. The fourth-order valence-corrected chi connectivity index (χ4v) is 3.06. The molecule has 1 fully saturated rings. The smallest absolute Gasteiger partial charge is 0.304 e. The SMILES string of the molecule is CN(CCC(=O)O)S(=O)(=O)NC1CCCCC1. The van der Waals surface area contributed by atoms with Gasteiger partial charge in [0.15, 0.2) is 0 Å². The van der Waals surface area contributed by atoms with Gasteiger partial charge in [0.05, 0.1) is 6.42 Å². The second-order valence-corrected chi connectivity index (χ2v) is 6.23. The van der Waals surface area contributed by atoms with E-state index < -0.39 is 16.2 Å². The normalized spacial score (nSPS) is 18.5. The summed E-state index contributed by atoms with van der Waals surface area (Å²) in [6, 6.07) is 0.000952. The summed E-state index contributed by atoms with van der Waals surface area (Å²) in [5, 5.41) is 8.51. The lowest BCUT2D eigenvalue weighted by Crippen LogP contribution is -2.44. The highest BCUT2D eigenvalue weighted by molar-refractivity contribution is 7.87. The minimum absolute atomic E-state index is 0.000952. The van der Waals surface area contributed by atoms with Gasteiger partial charge in [-0.3, -0.25) is 4.79 Å². The van der Waals surface area contributed by atoms with E-state index in [1.165, 1.54) is 7.05 Å². The molecule has 0 amide bonds. The van der Waals surface area contributed by atoms with E-state index in [2.05, 4.69) is 4.72 Å². The van der Waals surface area contributed by atoms with Crippen LogP contribution in [0.15, 0.2) is 0 Å². The monoisotopic (exact) mass is 264 g/mol. The first-order valence-electron chi connectivity index (χ1n) is 5.87. The predicted molar refractivity (Wildman–Crippen MR) is 63.8 cm³/mol. The van der Waals surface area contributed by atoms with Gasteiger partial charge in [0, 0.05) is 19.6 Å². The lowest BCUT2D eigenvalue weighted by Gasteiger charge is -2.25. The summed E-state index contributed by atoms with van der Waals surface area (Å²) < 4.78 is 27.4. The first kappa shape index (κ1) is 14.4. The van der Waals surface area contributed by atoms with Crippen LogP contribution in [0.2, 0.25) is 0 Å². The molecule has 2 N–H and O–H groups in total. The maximum absolute atomic E-state index is 11.8. The van der Waals surface area contributed by atoms with Gasteiger partial charge in [-0.1, -0.05) is 19.3 Å². The van der Waals surface area contributed by atoms with Crippen molar-refractivity contribution in [3.05, 3.63) is 0 Å². The molecule has 7 heteroatoms. The van der Waals surface area contributed by atoms with Gasteiger partial charge >= 0.3 is 5.97 Å². The molecule has 0 atom stereocenters. The molecule has 0 radical (unpaired) electrons. The first-order valence-corrected chi connectivity index (χ1v) is 7.31. The van der Waals surface area contributed by atoms with Crippen LogP contribution in [0.1, 0.15) is 38.5 Å². The van der Waals surface area contributed by atoms with Crippen LogP contribution < -0.4 is 4.72 Å². The Hall–Kier alpha value is -0.660. The van der Waals surface area contributed by atoms with Crippen molar-refractivity contribution in [1.29, 1.82) is 0 Å². The van der Waals surface area contributed by atoms with Crippen molar-refractivity contribution < 1.29 is 18.3 Å². The zero-order chi connectivity index (χ0) is 12.9. The van der Waals surface area contributed by atoms with Crippen molar-refractivity contribution in [3.63, 3.8) is 0 Å². The van der Waals surface area contributed by atoms with E-state index in [0.717, 1.165) is 36.4 Å². The lowest BCUT2D eigenvalue weighted by molar-refractivity contribution is -0.137. The highest BCUT2D eigenvalue weighted by Gasteiger charge is 2.23. The molecule has 1 saturated carbocycles. The van der Waals surface area contributed by atoms with E-state index in [-0.39, 0.29) is 19.0 Å². The molecule has 0 spiro atoms. The quantitative estimate of drug-likeness (QED) is 0.734. The second-order valence-electron chi connectivity index (χ2n) is 4.42. The third-order valence-electron chi connectivity index (χ3n) is 2.97. The summed E-state index contributed by atoms with van der Waals surface area (Å²) in [5.41, 5.74) is 0. The molecule has 0 unspecified atom stereocenters. The van der Waals surface area contributed by atoms with Gasteiger partial charge in [-0.25, -0.2) is 0 Å². The molecule has 1 rings (SSSR count). The molecule has 0 aromatic rings. The summed E-state index contributed by atoms with van der Waals surface area (Å²) in [7, 11) is -2.14. The molecule has 0 aromatic carbocycles. The van der Waals surface area contributed by atoms with Gasteiger partial charge in [-0.15, -0.1) is 0 Å². The number of hydrogen-bond acceptors (Lipinski definition) is 3. The van der Waals surface area contributed by atoms with Crippen molar-refractivity contribution in [1.82, 2.24) is 9.03 Å². The number of carboxylic acid groups (broad SMARTS) is 1. The number of rotatable bonds is 6. The number of hydrogen-bond donors (Lipinski definition) is 2. The fraction of sp³-hybridized carbons (Fsp3) is 0.900. The number of carboxylic acids is 1. The van der Waals surface area contributed by atoms with E-state index in [1.807, 2.05) is 0 Å². The minimum Gasteiger partial charge on any atom is -0.481 e. The van der Waals surface area contributed by atoms with Crippen LogP contribution in [0.4, 0.5) is 0 Å². The minimum atomic E-state index is -3.54. The Balaban J connectivity index is 2.45. The Morgan fingerprint density at radius 2 is 1.94 bits per heavy atom. The fourth-order valence-electron chi connectivity index (χ4n) is 1.89. The van der Waals surface area contributed by atoms with E-state index in [4.69, 9.17) is 5.11 Å². The van der Waals surface area contributed by atoms with Crippen LogP contribution in [0.25, 0.3) is 0 Å². The molecule has 17 heavy (non-hydrogen) atoms. The molecule has 1 aliphatic rings. The zero-order valence-corrected chi connectivity index (χ0v) is 10.9. The highest BCUT2D eigenvalue weighted by atomic mass is 32.2. The van der Waals surface area contributed by atoms with Crippen molar-refractivity contribution >= 4 is 16.2 Å². The highest BCUT2D eigenvalue weighted by Crippen LogP contribution is 2.18. The van der Waals surface area contributed by atoms with E-state index in [0.29, 0.717) is 0 Å². The number of aliphatic carboxylic acids is 1. The van der Waals surface area contributed by atoms with Crippen LogP contribution in [0, 0.1) is 0 Å². The molecule has 100 valence electrons. The second kappa shape index (κ2) is 6.32. The largest absolute Gasteiger partial charge is 0.481 e. The van der Waals surface area contributed by atoms with Crippen molar-refractivity contribution in [2.45, 2.75) is 44.6 Å². The maximum atomic E-state index is 11.8. The molecule has 1 aliphatic carbocycles. The topological polar surface area (TPSA) is 86.7 Å². The van der Waals surface area contributed by atoms with Gasteiger partial charge in [0.25, 0.3) is 10.2 Å². The maximum Gasteiger partial charge on any atom is 0.304 e.